The summed E-state index contributed by atoms with van der Waals surface area (Å²) in [7, 11) is 0. The molecule has 0 saturated carbocycles. The second-order valence-corrected chi connectivity index (χ2v) is 4.10. The molecule has 0 aliphatic rings. The van der Waals surface area contributed by atoms with Crippen molar-refractivity contribution in [1.82, 2.24) is 5.32 Å². The molecule has 0 aliphatic heterocycles. The Kier molecular flexibility index (Phi) is 3.66. The molecule has 0 fully saturated rings. The van der Waals surface area contributed by atoms with Gasteiger partial charge in [-0.3, -0.25) is 0 Å². The molecule has 2 aromatic heterocycles. The minimum atomic E-state index is -0.613. The quantitative estimate of drug-likeness (QED) is 0.835. The fourth-order valence-corrected chi connectivity index (χ4v) is 1.78. The zero-order valence-corrected chi connectivity index (χ0v) is 10.1. The van der Waals surface area contributed by atoms with Crippen LogP contribution in [0.4, 0.5) is 0 Å². The maximum Gasteiger partial charge on any atom is 0.133 e. The first-order valence-corrected chi connectivity index (χ1v) is 5.65. The van der Waals surface area contributed by atoms with E-state index in [1.54, 1.807) is 18.4 Å². The monoisotopic (exact) mass is 235 g/mol. The molecule has 2 rings (SSSR count). The van der Waals surface area contributed by atoms with Crippen molar-refractivity contribution < 1.29 is 13.9 Å². The number of hydrogen-bond acceptors (Lipinski definition) is 4. The highest BCUT2D eigenvalue weighted by Crippen LogP contribution is 2.14. The standard InChI is InChI=1S/C13H17NO3/c1-9-6-11(10(2)17-9)7-14-8-12(15)13-4-3-5-16-13/h3-6,12,14-15H,7-8H2,1-2H3. The summed E-state index contributed by atoms with van der Waals surface area (Å²) in [5, 5.41) is 13.0. The molecule has 4 heteroatoms. The minimum absolute atomic E-state index is 0.456. The minimum Gasteiger partial charge on any atom is -0.467 e. The molecule has 1 atom stereocenters. The van der Waals surface area contributed by atoms with E-state index in [1.165, 1.54) is 0 Å². The van der Waals surface area contributed by atoms with Crippen LogP contribution in [-0.2, 0) is 6.54 Å². The SMILES string of the molecule is Cc1cc(CNCC(O)c2ccco2)c(C)o1. The zero-order chi connectivity index (χ0) is 12.3. The molecule has 17 heavy (non-hydrogen) atoms. The zero-order valence-electron chi connectivity index (χ0n) is 10.1. The van der Waals surface area contributed by atoms with Crippen LogP contribution in [-0.4, -0.2) is 11.7 Å². The average molecular weight is 235 g/mol. The Morgan fingerprint density at radius 2 is 2.24 bits per heavy atom. The summed E-state index contributed by atoms with van der Waals surface area (Å²) < 4.78 is 10.5. The van der Waals surface area contributed by atoms with Crippen molar-refractivity contribution in [3.63, 3.8) is 0 Å². The van der Waals surface area contributed by atoms with Gasteiger partial charge < -0.3 is 19.3 Å². The van der Waals surface area contributed by atoms with E-state index in [1.807, 2.05) is 19.9 Å². The molecule has 0 bridgehead atoms. The summed E-state index contributed by atoms with van der Waals surface area (Å²) in [6.07, 6.45) is 0.945. The smallest absolute Gasteiger partial charge is 0.133 e. The third-order valence-electron chi connectivity index (χ3n) is 2.67. The molecule has 2 heterocycles. The lowest BCUT2D eigenvalue weighted by molar-refractivity contribution is 0.147. The van der Waals surface area contributed by atoms with E-state index in [9.17, 15) is 5.11 Å². The molecule has 2 N–H and O–H groups in total. The molecule has 2 aromatic rings. The van der Waals surface area contributed by atoms with Crippen molar-refractivity contribution in [3.05, 3.63) is 47.3 Å². The Labute approximate surface area is 100 Å². The predicted octanol–water partition coefficient (Wildman–Crippen LogP) is 2.31. The molecular formula is C13H17NO3. The lowest BCUT2D eigenvalue weighted by Gasteiger charge is -2.08. The highest BCUT2D eigenvalue weighted by atomic mass is 16.4. The van der Waals surface area contributed by atoms with Gasteiger partial charge in [0.1, 0.15) is 23.4 Å². The van der Waals surface area contributed by atoms with Crippen LogP contribution in [0.1, 0.15) is 28.9 Å². The normalized spacial score (nSPS) is 12.9. The molecular weight excluding hydrogens is 218 g/mol. The molecule has 0 aromatic carbocycles. The first-order chi connectivity index (χ1) is 8.16. The van der Waals surface area contributed by atoms with Crippen LogP contribution in [0.5, 0.6) is 0 Å². The van der Waals surface area contributed by atoms with Gasteiger partial charge in [-0.1, -0.05) is 0 Å². The first-order valence-electron chi connectivity index (χ1n) is 5.65. The number of aliphatic hydroxyl groups excluding tert-OH is 1. The summed E-state index contributed by atoms with van der Waals surface area (Å²) in [6.45, 7) is 5.00. The van der Waals surface area contributed by atoms with E-state index in [0.29, 0.717) is 18.8 Å². The summed E-state index contributed by atoms with van der Waals surface area (Å²) in [6, 6.07) is 5.53. The van der Waals surface area contributed by atoms with Gasteiger partial charge >= 0.3 is 0 Å². The lowest BCUT2D eigenvalue weighted by Crippen LogP contribution is -2.20. The number of nitrogens with one attached hydrogen (secondary N) is 1. The van der Waals surface area contributed by atoms with E-state index in [4.69, 9.17) is 8.83 Å². The van der Waals surface area contributed by atoms with E-state index >= 15 is 0 Å². The lowest BCUT2D eigenvalue weighted by atomic mass is 10.2. The Hall–Kier alpha value is -1.52. The fraction of sp³-hybridized carbons (Fsp3) is 0.385. The van der Waals surface area contributed by atoms with E-state index in [-0.39, 0.29) is 0 Å². The van der Waals surface area contributed by atoms with Gasteiger partial charge in [0.05, 0.1) is 6.26 Å². The molecule has 0 radical (unpaired) electrons. The fourth-order valence-electron chi connectivity index (χ4n) is 1.78. The Balaban J connectivity index is 1.82. The van der Waals surface area contributed by atoms with Crippen molar-refractivity contribution in [2.75, 3.05) is 6.54 Å². The van der Waals surface area contributed by atoms with Crippen molar-refractivity contribution in [1.29, 1.82) is 0 Å². The number of furan rings is 2. The second kappa shape index (κ2) is 5.21. The summed E-state index contributed by atoms with van der Waals surface area (Å²) in [5.74, 6) is 2.41. The molecule has 92 valence electrons. The van der Waals surface area contributed by atoms with E-state index in [0.717, 1.165) is 17.1 Å². The largest absolute Gasteiger partial charge is 0.467 e. The van der Waals surface area contributed by atoms with Gasteiger partial charge in [-0.25, -0.2) is 0 Å². The molecule has 0 aliphatic carbocycles. The van der Waals surface area contributed by atoms with Crippen LogP contribution in [0, 0.1) is 13.8 Å². The van der Waals surface area contributed by atoms with Crippen molar-refractivity contribution in [2.45, 2.75) is 26.5 Å². The third kappa shape index (κ3) is 2.99. The van der Waals surface area contributed by atoms with Gasteiger partial charge in [-0.15, -0.1) is 0 Å². The number of hydrogen-bond donors (Lipinski definition) is 2. The highest BCUT2D eigenvalue weighted by Gasteiger charge is 2.10. The average Bonchev–Trinajstić information content (AvgIpc) is 2.89. The van der Waals surface area contributed by atoms with Crippen LogP contribution in [0.3, 0.4) is 0 Å². The van der Waals surface area contributed by atoms with Gasteiger partial charge in [-0.2, -0.15) is 0 Å². The van der Waals surface area contributed by atoms with E-state index in [2.05, 4.69) is 5.32 Å². The Morgan fingerprint density at radius 1 is 1.41 bits per heavy atom. The molecule has 4 nitrogen and oxygen atoms in total. The maximum absolute atomic E-state index is 9.78. The van der Waals surface area contributed by atoms with Gasteiger partial charge in [0.15, 0.2) is 0 Å². The van der Waals surface area contributed by atoms with Gasteiger partial charge in [0.25, 0.3) is 0 Å². The summed E-state index contributed by atoms with van der Waals surface area (Å²) in [4.78, 5) is 0. The van der Waals surface area contributed by atoms with Gasteiger partial charge in [0, 0.05) is 18.7 Å². The Morgan fingerprint density at radius 3 is 2.82 bits per heavy atom. The molecule has 0 amide bonds. The highest BCUT2D eigenvalue weighted by molar-refractivity contribution is 5.19. The number of rotatable bonds is 5. The van der Waals surface area contributed by atoms with Crippen LogP contribution in [0.25, 0.3) is 0 Å². The predicted molar refractivity (Wildman–Crippen MR) is 63.6 cm³/mol. The molecule has 1 unspecified atom stereocenters. The Bertz CT molecular complexity index is 459. The van der Waals surface area contributed by atoms with Crippen LogP contribution in [0.15, 0.2) is 33.3 Å². The number of aryl methyl sites for hydroxylation is 2. The molecule has 0 saturated heterocycles. The third-order valence-corrected chi connectivity index (χ3v) is 2.67. The van der Waals surface area contributed by atoms with Crippen molar-refractivity contribution >= 4 is 0 Å². The van der Waals surface area contributed by atoms with Gasteiger partial charge in [-0.05, 0) is 32.0 Å². The van der Waals surface area contributed by atoms with Crippen molar-refractivity contribution in [3.8, 4) is 0 Å². The van der Waals surface area contributed by atoms with Crippen LogP contribution < -0.4 is 5.32 Å². The first kappa shape index (κ1) is 12.0. The van der Waals surface area contributed by atoms with Gasteiger partial charge in [0.2, 0.25) is 0 Å². The van der Waals surface area contributed by atoms with Crippen LogP contribution >= 0.6 is 0 Å². The number of aliphatic hydroxyl groups is 1. The summed E-state index contributed by atoms with van der Waals surface area (Å²) >= 11 is 0. The second-order valence-electron chi connectivity index (χ2n) is 4.10. The molecule has 0 spiro atoms. The van der Waals surface area contributed by atoms with E-state index < -0.39 is 6.10 Å². The topological polar surface area (TPSA) is 58.5 Å². The summed E-state index contributed by atoms with van der Waals surface area (Å²) in [5.41, 5.74) is 1.12. The van der Waals surface area contributed by atoms with Crippen molar-refractivity contribution in [2.24, 2.45) is 0 Å². The maximum atomic E-state index is 9.78. The van der Waals surface area contributed by atoms with Crippen LogP contribution in [0.2, 0.25) is 0 Å².